The second kappa shape index (κ2) is 10.6. The standard InChI is InChI=1S/C23H24N4O4/c1-16-5-2-3-7-20(16)22(29)24-13-12-21(28)26-17-8-10-18(11-9-17)27-23(30)25-15-19-6-4-14-31-19/h2-11,14H,12-13,15H2,1H3,(H,24,29)(H,26,28)(H2,25,27,30). The van der Waals surface area contributed by atoms with Gasteiger partial charge in [0.05, 0.1) is 12.8 Å². The molecule has 8 heteroatoms. The summed E-state index contributed by atoms with van der Waals surface area (Å²) in [6.45, 7) is 2.38. The second-order valence-electron chi connectivity index (χ2n) is 6.83. The minimum atomic E-state index is -0.363. The molecule has 0 aliphatic heterocycles. The van der Waals surface area contributed by atoms with Gasteiger partial charge in [0, 0.05) is 29.9 Å². The van der Waals surface area contributed by atoms with Crippen LogP contribution in [-0.2, 0) is 11.3 Å². The highest BCUT2D eigenvalue weighted by Crippen LogP contribution is 2.14. The molecule has 3 aromatic rings. The number of carbonyl (C=O) groups excluding carboxylic acids is 3. The summed E-state index contributed by atoms with van der Waals surface area (Å²) in [5.74, 6) is 0.233. The Bertz CT molecular complexity index is 1030. The maximum absolute atomic E-state index is 12.2. The summed E-state index contributed by atoms with van der Waals surface area (Å²) in [7, 11) is 0. The average Bonchev–Trinajstić information content (AvgIpc) is 3.28. The van der Waals surface area contributed by atoms with E-state index >= 15 is 0 Å². The van der Waals surface area contributed by atoms with Gasteiger partial charge in [-0.15, -0.1) is 0 Å². The summed E-state index contributed by atoms with van der Waals surface area (Å²) in [4.78, 5) is 36.2. The van der Waals surface area contributed by atoms with Gasteiger partial charge >= 0.3 is 6.03 Å². The van der Waals surface area contributed by atoms with Crippen molar-refractivity contribution in [1.29, 1.82) is 0 Å². The summed E-state index contributed by atoms with van der Waals surface area (Å²) in [5, 5.41) is 10.9. The van der Waals surface area contributed by atoms with Crippen LogP contribution in [0.4, 0.5) is 16.2 Å². The summed E-state index contributed by atoms with van der Waals surface area (Å²) in [5.41, 5.74) is 2.66. The van der Waals surface area contributed by atoms with Gasteiger partial charge in [0.25, 0.3) is 5.91 Å². The maximum atomic E-state index is 12.2. The lowest BCUT2D eigenvalue weighted by molar-refractivity contribution is -0.116. The van der Waals surface area contributed by atoms with Crippen LogP contribution in [0.3, 0.4) is 0 Å². The predicted octanol–water partition coefficient (Wildman–Crippen LogP) is 3.67. The number of furan rings is 1. The van der Waals surface area contributed by atoms with Gasteiger partial charge in [-0.25, -0.2) is 4.79 Å². The molecule has 0 spiro atoms. The van der Waals surface area contributed by atoms with Gasteiger partial charge in [-0.3, -0.25) is 9.59 Å². The van der Waals surface area contributed by atoms with E-state index < -0.39 is 0 Å². The summed E-state index contributed by atoms with van der Waals surface area (Å²) in [6.07, 6.45) is 1.69. The van der Waals surface area contributed by atoms with Crippen molar-refractivity contribution < 1.29 is 18.8 Å². The van der Waals surface area contributed by atoms with E-state index in [0.717, 1.165) is 5.56 Å². The number of anilines is 2. The number of benzene rings is 2. The molecule has 0 fully saturated rings. The summed E-state index contributed by atoms with van der Waals surface area (Å²) in [6, 6.07) is 17.2. The number of rotatable bonds is 8. The van der Waals surface area contributed by atoms with Crippen molar-refractivity contribution in [2.24, 2.45) is 0 Å². The van der Waals surface area contributed by atoms with Gasteiger partial charge in [0.15, 0.2) is 0 Å². The maximum Gasteiger partial charge on any atom is 0.319 e. The van der Waals surface area contributed by atoms with E-state index in [1.165, 1.54) is 0 Å². The molecule has 0 aliphatic rings. The van der Waals surface area contributed by atoms with Crippen LogP contribution in [0.2, 0.25) is 0 Å². The molecule has 0 atom stereocenters. The van der Waals surface area contributed by atoms with Crippen LogP contribution < -0.4 is 21.3 Å². The molecular formula is C23H24N4O4. The fourth-order valence-electron chi connectivity index (χ4n) is 2.83. The van der Waals surface area contributed by atoms with Crippen molar-refractivity contribution in [3.63, 3.8) is 0 Å². The molecule has 1 aromatic heterocycles. The van der Waals surface area contributed by atoms with E-state index in [1.54, 1.807) is 54.8 Å². The third-order valence-electron chi connectivity index (χ3n) is 4.46. The number of hydrogen-bond acceptors (Lipinski definition) is 4. The van der Waals surface area contributed by atoms with Crippen LogP contribution in [0, 0.1) is 6.92 Å². The highest BCUT2D eigenvalue weighted by molar-refractivity contribution is 5.96. The fraction of sp³-hybridized carbons (Fsp3) is 0.174. The number of aryl methyl sites for hydroxylation is 1. The number of nitrogens with one attached hydrogen (secondary N) is 4. The molecule has 4 N–H and O–H groups in total. The lowest BCUT2D eigenvalue weighted by Gasteiger charge is -2.10. The van der Waals surface area contributed by atoms with Crippen molar-refractivity contribution in [2.75, 3.05) is 17.2 Å². The Balaban J connectivity index is 1.38. The molecule has 0 bridgehead atoms. The molecule has 0 saturated heterocycles. The first kappa shape index (κ1) is 21.6. The minimum absolute atomic E-state index is 0.146. The van der Waals surface area contributed by atoms with Crippen LogP contribution >= 0.6 is 0 Å². The zero-order valence-electron chi connectivity index (χ0n) is 17.1. The monoisotopic (exact) mass is 420 g/mol. The van der Waals surface area contributed by atoms with Crippen LogP contribution in [0.25, 0.3) is 0 Å². The molecule has 4 amide bonds. The van der Waals surface area contributed by atoms with E-state index in [9.17, 15) is 14.4 Å². The first-order valence-electron chi connectivity index (χ1n) is 9.82. The van der Waals surface area contributed by atoms with E-state index in [-0.39, 0.29) is 37.4 Å². The predicted molar refractivity (Wildman–Crippen MR) is 118 cm³/mol. The summed E-state index contributed by atoms with van der Waals surface area (Å²) >= 11 is 0. The lowest BCUT2D eigenvalue weighted by Crippen LogP contribution is -2.28. The molecule has 2 aromatic carbocycles. The van der Waals surface area contributed by atoms with Crippen molar-refractivity contribution in [3.05, 3.63) is 83.8 Å². The molecule has 160 valence electrons. The van der Waals surface area contributed by atoms with Gasteiger partial charge in [0.1, 0.15) is 5.76 Å². The number of amides is 4. The van der Waals surface area contributed by atoms with Crippen LogP contribution in [-0.4, -0.2) is 24.4 Å². The molecule has 0 unspecified atom stereocenters. The third kappa shape index (κ3) is 6.74. The molecule has 0 saturated carbocycles. The quantitative estimate of drug-likeness (QED) is 0.445. The van der Waals surface area contributed by atoms with Crippen molar-refractivity contribution in [3.8, 4) is 0 Å². The zero-order valence-corrected chi connectivity index (χ0v) is 17.1. The van der Waals surface area contributed by atoms with Crippen LogP contribution in [0.5, 0.6) is 0 Å². The molecule has 0 radical (unpaired) electrons. The topological polar surface area (TPSA) is 112 Å². The SMILES string of the molecule is Cc1ccccc1C(=O)NCCC(=O)Nc1ccc(NC(=O)NCc2ccco2)cc1. The molecule has 1 heterocycles. The Morgan fingerprint density at radius 2 is 1.55 bits per heavy atom. The van der Waals surface area contributed by atoms with Crippen LogP contribution in [0.1, 0.15) is 28.1 Å². The number of hydrogen-bond donors (Lipinski definition) is 4. The van der Waals surface area contributed by atoms with Gasteiger partial charge in [0.2, 0.25) is 5.91 Å². The normalized spacial score (nSPS) is 10.2. The van der Waals surface area contributed by atoms with Gasteiger partial charge in [-0.2, -0.15) is 0 Å². The molecule has 0 aliphatic carbocycles. The highest BCUT2D eigenvalue weighted by Gasteiger charge is 2.09. The van der Waals surface area contributed by atoms with Crippen LogP contribution in [0.15, 0.2) is 71.3 Å². The van der Waals surface area contributed by atoms with Crippen molar-refractivity contribution in [2.45, 2.75) is 19.9 Å². The van der Waals surface area contributed by atoms with Gasteiger partial charge < -0.3 is 25.7 Å². The van der Waals surface area contributed by atoms with E-state index in [2.05, 4.69) is 21.3 Å². The van der Waals surface area contributed by atoms with E-state index in [0.29, 0.717) is 22.7 Å². The molecule has 8 nitrogen and oxygen atoms in total. The minimum Gasteiger partial charge on any atom is -0.467 e. The van der Waals surface area contributed by atoms with Gasteiger partial charge in [-0.1, -0.05) is 18.2 Å². The Labute approximate surface area is 180 Å². The van der Waals surface area contributed by atoms with E-state index in [1.807, 2.05) is 19.1 Å². The second-order valence-corrected chi connectivity index (χ2v) is 6.83. The van der Waals surface area contributed by atoms with Gasteiger partial charge in [-0.05, 0) is 55.0 Å². The highest BCUT2D eigenvalue weighted by atomic mass is 16.3. The lowest BCUT2D eigenvalue weighted by atomic mass is 10.1. The zero-order chi connectivity index (χ0) is 22.1. The summed E-state index contributed by atoms with van der Waals surface area (Å²) < 4.78 is 5.15. The smallest absolute Gasteiger partial charge is 0.319 e. The number of urea groups is 1. The Morgan fingerprint density at radius 1 is 0.839 bits per heavy atom. The average molecular weight is 420 g/mol. The van der Waals surface area contributed by atoms with Crippen molar-refractivity contribution in [1.82, 2.24) is 10.6 Å². The van der Waals surface area contributed by atoms with Crippen molar-refractivity contribution >= 4 is 29.2 Å². The first-order valence-corrected chi connectivity index (χ1v) is 9.82. The Hall–Kier alpha value is -4.07. The Morgan fingerprint density at radius 3 is 2.23 bits per heavy atom. The Kier molecular flexibility index (Phi) is 7.42. The molecular weight excluding hydrogens is 396 g/mol. The molecule has 3 rings (SSSR count). The number of carbonyl (C=O) groups is 3. The van der Waals surface area contributed by atoms with E-state index in [4.69, 9.17) is 4.42 Å². The largest absolute Gasteiger partial charge is 0.467 e. The third-order valence-corrected chi connectivity index (χ3v) is 4.46. The fourth-order valence-corrected chi connectivity index (χ4v) is 2.83. The first-order chi connectivity index (χ1) is 15.0. The molecule has 31 heavy (non-hydrogen) atoms.